The molecule has 0 bridgehead atoms. The van der Waals surface area contributed by atoms with E-state index < -0.39 is 0 Å². The molecule has 3 nitrogen and oxygen atoms in total. The molecule has 0 atom stereocenters. The number of nitrogens with one attached hydrogen (secondary N) is 1. The highest BCUT2D eigenvalue weighted by atomic mass is 16.5. The third-order valence-electron chi connectivity index (χ3n) is 3.59. The molecule has 0 aromatic rings. The van der Waals surface area contributed by atoms with Crippen LogP contribution in [-0.4, -0.2) is 32.6 Å². The average Bonchev–Trinajstić information content (AvgIpc) is 3.06. The fraction of sp³-hybridized carbons (Fsp3) is 0.917. The second-order valence-electron chi connectivity index (χ2n) is 4.88. The topological polar surface area (TPSA) is 33.6 Å². The predicted octanol–water partition coefficient (Wildman–Crippen LogP) is 1.98. The Labute approximate surface area is 92.3 Å². The number of aliphatic imine (C=N–C) groups is 1. The molecule has 2 rings (SSSR count). The predicted molar refractivity (Wildman–Crippen MR) is 62.3 cm³/mol. The van der Waals surface area contributed by atoms with Crippen molar-refractivity contribution in [2.75, 3.05) is 26.8 Å². The second kappa shape index (κ2) is 4.97. The minimum atomic E-state index is 0.538. The molecule has 0 amide bonds. The molecule has 0 unspecified atom stereocenters. The van der Waals surface area contributed by atoms with Gasteiger partial charge in [0.15, 0.2) is 0 Å². The lowest BCUT2D eigenvalue weighted by molar-refractivity contribution is 0.172. The van der Waals surface area contributed by atoms with Crippen molar-refractivity contribution in [3.63, 3.8) is 0 Å². The minimum Gasteiger partial charge on any atom is -0.385 e. The molecule has 0 radical (unpaired) electrons. The van der Waals surface area contributed by atoms with E-state index in [4.69, 9.17) is 4.74 Å². The molecule has 1 fully saturated rings. The molecular formula is C12H22N2O. The van der Waals surface area contributed by atoms with E-state index in [9.17, 15) is 0 Å². The van der Waals surface area contributed by atoms with E-state index in [2.05, 4.69) is 10.3 Å². The van der Waals surface area contributed by atoms with Crippen LogP contribution in [0.15, 0.2) is 4.99 Å². The lowest BCUT2D eigenvalue weighted by Crippen LogP contribution is -2.32. The van der Waals surface area contributed by atoms with Crippen LogP contribution in [0.25, 0.3) is 0 Å². The monoisotopic (exact) mass is 210 g/mol. The van der Waals surface area contributed by atoms with E-state index in [0.29, 0.717) is 5.41 Å². The van der Waals surface area contributed by atoms with E-state index >= 15 is 0 Å². The van der Waals surface area contributed by atoms with Crippen LogP contribution >= 0.6 is 0 Å². The number of rotatable bonds is 5. The smallest absolute Gasteiger partial charge is 0.0963 e. The Bertz CT molecular complexity index is 234. The first-order chi connectivity index (χ1) is 7.35. The maximum atomic E-state index is 5.15. The Morgan fingerprint density at radius 3 is 2.87 bits per heavy atom. The quantitative estimate of drug-likeness (QED) is 0.752. The van der Waals surface area contributed by atoms with E-state index in [1.54, 1.807) is 7.11 Å². The molecule has 1 saturated carbocycles. The average molecular weight is 210 g/mol. The van der Waals surface area contributed by atoms with E-state index in [1.165, 1.54) is 37.9 Å². The van der Waals surface area contributed by atoms with Crippen molar-refractivity contribution in [1.29, 1.82) is 0 Å². The maximum Gasteiger partial charge on any atom is 0.0963 e. The number of amidine groups is 1. The first kappa shape index (κ1) is 10.9. The Balaban J connectivity index is 1.70. The number of nitrogens with zero attached hydrogens (tertiary/aromatic N) is 1. The van der Waals surface area contributed by atoms with Crippen molar-refractivity contribution >= 4 is 5.84 Å². The van der Waals surface area contributed by atoms with Crippen LogP contribution in [0, 0.1) is 5.41 Å². The standard InChI is InChI=1S/C12H22N2O/c1-15-9-7-12(5-6-12)10-14-11-4-2-3-8-13-11/h2-10H2,1H3,(H,13,14). The third kappa shape index (κ3) is 3.20. The van der Waals surface area contributed by atoms with Crippen LogP contribution in [0.4, 0.5) is 0 Å². The van der Waals surface area contributed by atoms with Gasteiger partial charge in [0.2, 0.25) is 0 Å². The van der Waals surface area contributed by atoms with Gasteiger partial charge in [0, 0.05) is 33.2 Å². The lowest BCUT2D eigenvalue weighted by Gasteiger charge is -2.19. The van der Waals surface area contributed by atoms with Crippen molar-refractivity contribution in [1.82, 2.24) is 5.32 Å². The van der Waals surface area contributed by atoms with Gasteiger partial charge in [-0.25, -0.2) is 0 Å². The summed E-state index contributed by atoms with van der Waals surface area (Å²) in [4.78, 5) is 4.51. The van der Waals surface area contributed by atoms with E-state index in [1.807, 2.05) is 0 Å². The summed E-state index contributed by atoms with van der Waals surface area (Å²) < 4.78 is 5.15. The number of hydrogen-bond acceptors (Lipinski definition) is 3. The molecule has 2 aliphatic rings. The number of methoxy groups -OCH3 is 1. The largest absolute Gasteiger partial charge is 0.385 e. The van der Waals surface area contributed by atoms with Crippen LogP contribution in [0.1, 0.15) is 38.5 Å². The SMILES string of the molecule is COCCC1(CNC2=NCCCC2)CC1. The molecule has 0 aromatic carbocycles. The molecule has 1 N–H and O–H groups in total. The Morgan fingerprint density at radius 1 is 1.40 bits per heavy atom. The van der Waals surface area contributed by atoms with Gasteiger partial charge >= 0.3 is 0 Å². The van der Waals surface area contributed by atoms with E-state index in [-0.39, 0.29) is 0 Å². The molecule has 15 heavy (non-hydrogen) atoms. The number of hydrogen-bond donors (Lipinski definition) is 1. The third-order valence-corrected chi connectivity index (χ3v) is 3.59. The van der Waals surface area contributed by atoms with Gasteiger partial charge in [-0.15, -0.1) is 0 Å². The summed E-state index contributed by atoms with van der Waals surface area (Å²) in [6.45, 7) is 3.02. The molecule has 0 aromatic heterocycles. The summed E-state index contributed by atoms with van der Waals surface area (Å²) in [5.41, 5.74) is 0.538. The van der Waals surface area contributed by atoms with Crippen LogP contribution in [-0.2, 0) is 4.74 Å². The van der Waals surface area contributed by atoms with Crippen LogP contribution in [0.5, 0.6) is 0 Å². The highest BCUT2D eigenvalue weighted by molar-refractivity contribution is 5.82. The Morgan fingerprint density at radius 2 is 2.27 bits per heavy atom. The van der Waals surface area contributed by atoms with Gasteiger partial charge in [0.05, 0.1) is 5.84 Å². The number of ether oxygens (including phenoxy) is 1. The molecule has 1 aliphatic heterocycles. The van der Waals surface area contributed by atoms with Crippen molar-refractivity contribution in [3.05, 3.63) is 0 Å². The summed E-state index contributed by atoms with van der Waals surface area (Å²) in [7, 11) is 1.79. The van der Waals surface area contributed by atoms with Gasteiger partial charge in [0.1, 0.15) is 0 Å². The van der Waals surface area contributed by atoms with Gasteiger partial charge < -0.3 is 10.1 Å². The highest BCUT2D eigenvalue weighted by Crippen LogP contribution is 2.48. The highest BCUT2D eigenvalue weighted by Gasteiger charge is 2.41. The van der Waals surface area contributed by atoms with Gasteiger partial charge in [-0.3, -0.25) is 4.99 Å². The molecule has 3 heteroatoms. The van der Waals surface area contributed by atoms with Gasteiger partial charge in [-0.2, -0.15) is 0 Å². The molecule has 1 aliphatic carbocycles. The summed E-state index contributed by atoms with van der Waals surface area (Å²) in [5, 5.41) is 3.53. The fourth-order valence-electron chi connectivity index (χ4n) is 2.14. The van der Waals surface area contributed by atoms with Crippen LogP contribution in [0.2, 0.25) is 0 Å². The zero-order chi connectivity index (χ0) is 10.6. The zero-order valence-electron chi connectivity index (χ0n) is 9.72. The van der Waals surface area contributed by atoms with Crippen molar-refractivity contribution in [3.8, 4) is 0 Å². The van der Waals surface area contributed by atoms with Crippen molar-refractivity contribution < 1.29 is 4.74 Å². The summed E-state index contributed by atoms with van der Waals surface area (Å²) in [6, 6.07) is 0. The van der Waals surface area contributed by atoms with Crippen molar-refractivity contribution in [2.24, 2.45) is 10.4 Å². The van der Waals surface area contributed by atoms with Crippen molar-refractivity contribution in [2.45, 2.75) is 38.5 Å². The van der Waals surface area contributed by atoms with Gasteiger partial charge in [-0.1, -0.05) is 0 Å². The fourth-order valence-corrected chi connectivity index (χ4v) is 2.14. The normalized spacial score (nSPS) is 23.4. The maximum absolute atomic E-state index is 5.15. The van der Waals surface area contributed by atoms with Crippen LogP contribution < -0.4 is 5.32 Å². The van der Waals surface area contributed by atoms with E-state index in [0.717, 1.165) is 26.1 Å². The molecule has 0 saturated heterocycles. The summed E-state index contributed by atoms with van der Waals surface area (Å²) in [5.74, 6) is 1.24. The lowest BCUT2D eigenvalue weighted by atomic mass is 10.0. The molecule has 1 heterocycles. The summed E-state index contributed by atoms with van der Waals surface area (Å²) in [6.07, 6.45) is 7.63. The second-order valence-corrected chi connectivity index (χ2v) is 4.88. The molecule has 0 spiro atoms. The molecular weight excluding hydrogens is 188 g/mol. The first-order valence-corrected chi connectivity index (χ1v) is 6.11. The molecule has 86 valence electrons. The zero-order valence-corrected chi connectivity index (χ0v) is 9.72. The summed E-state index contributed by atoms with van der Waals surface area (Å²) >= 11 is 0. The van der Waals surface area contributed by atoms with Gasteiger partial charge in [-0.05, 0) is 37.5 Å². The van der Waals surface area contributed by atoms with Crippen LogP contribution in [0.3, 0.4) is 0 Å². The first-order valence-electron chi connectivity index (χ1n) is 6.11. The minimum absolute atomic E-state index is 0.538. The van der Waals surface area contributed by atoms with Gasteiger partial charge in [0.25, 0.3) is 0 Å². The Kier molecular flexibility index (Phi) is 3.62. The Hall–Kier alpha value is -0.570.